The Hall–Kier alpha value is -4.91. The summed E-state index contributed by atoms with van der Waals surface area (Å²) in [6, 6.07) is 11.1. The van der Waals surface area contributed by atoms with Gasteiger partial charge >= 0.3 is 6.03 Å². The second-order valence-corrected chi connectivity index (χ2v) is 13.5. The summed E-state index contributed by atoms with van der Waals surface area (Å²) in [6.45, 7) is 8.39. The van der Waals surface area contributed by atoms with Crippen LogP contribution in [0.15, 0.2) is 66.9 Å². The second kappa shape index (κ2) is 16.0. The number of pyridine rings is 1. The molecule has 6 N–H and O–H groups in total. The molecule has 2 aromatic heterocycles. The Bertz CT molecular complexity index is 1720. The average molecular weight is 670 g/mol. The van der Waals surface area contributed by atoms with Crippen LogP contribution in [0.5, 0.6) is 5.75 Å². The summed E-state index contributed by atoms with van der Waals surface area (Å²) in [5.41, 5.74) is 3.29. The number of allylic oxidation sites excluding steroid dienone is 1. The largest absolute Gasteiger partial charge is 0.484 e. The maximum atomic E-state index is 13.4. The number of ether oxygens (including phenoxy) is 1. The molecule has 0 unspecified atom stereocenters. The number of amides is 2. The molecule has 1 aliphatic carbocycles. The molecule has 5 rings (SSSR count). The van der Waals surface area contributed by atoms with Crippen LogP contribution < -0.4 is 26.2 Å². The van der Waals surface area contributed by atoms with E-state index in [9.17, 15) is 4.79 Å². The number of likely N-dealkylation sites (N-methyl/N-ethyl adjacent to an activating group) is 1. The summed E-state index contributed by atoms with van der Waals surface area (Å²) < 4.78 is 9.95. The number of rotatable bonds is 11. The summed E-state index contributed by atoms with van der Waals surface area (Å²) in [6.07, 6.45) is 11.3. The van der Waals surface area contributed by atoms with Crippen molar-refractivity contribution in [2.24, 2.45) is 5.92 Å². The van der Waals surface area contributed by atoms with Gasteiger partial charge in [0.25, 0.3) is 0 Å². The Labute approximate surface area is 288 Å². The monoisotopic (exact) mass is 669 g/mol. The van der Waals surface area contributed by atoms with E-state index in [0.29, 0.717) is 41.8 Å². The molecule has 0 spiro atoms. The predicted molar refractivity (Wildman–Crippen MR) is 192 cm³/mol. The molecule has 13 heteroatoms. The second-order valence-electron chi connectivity index (χ2n) is 13.5. The Kier molecular flexibility index (Phi) is 11.6. The third-order valence-electron chi connectivity index (χ3n) is 9.10. The number of likely N-dealkylation sites (tertiary alicyclic amines) is 1. The van der Waals surface area contributed by atoms with Gasteiger partial charge in [0.05, 0.1) is 30.7 Å². The fourth-order valence-electron chi connectivity index (χ4n) is 6.21. The molecule has 0 bridgehead atoms. The molecule has 1 saturated heterocycles. The molecular weight excluding hydrogens is 618 g/mol. The molecule has 3 aromatic rings. The van der Waals surface area contributed by atoms with Gasteiger partial charge < -0.3 is 30.6 Å². The number of benzene rings is 1. The standard InChI is InChI=1S/C36H51N11O2/c1-24(2)30(37)20-34(41-26-21-40-45(22-26)19-18-44(4)5)43-36(48)42-31-14-15-32(29-12-7-6-11-28(29)31)49-27-13-16-33(38)47(23-27)35(39)46-17-9-8-10-25(46)3/h6-7,11-13,16,20-25,31-32,37-39,41H,8-10,14-15,17-19H2,1-5H3,(H2,42,43,48)/b34-20+,37-30?,38-33?,39-35?/t25-,31-,32+/m0/s1. The molecule has 1 aliphatic heterocycles. The van der Waals surface area contributed by atoms with Crippen molar-refractivity contribution in [3.8, 4) is 5.75 Å². The van der Waals surface area contributed by atoms with Crippen molar-refractivity contribution in [1.82, 2.24) is 34.8 Å². The van der Waals surface area contributed by atoms with Crippen LogP contribution in [-0.4, -0.2) is 75.1 Å². The van der Waals surface area contributed by atoms with Gasteiger partial charge in [0, 0.05) is 31.0 Å². The van der Waals surface area contributed by atoms with Crippen molar-refractivity contribution in [2.45, 2.75) is 77.6 Å². The van der Waals surface area contributed by atoms with Gasteiger partial charge in [-0.25, -0.2) is 4.79 Å². The van der Waals surface area contributed by atoms with Gasteiger partial charge in [-0.3, -0.25) is 25.4 Å². The van der Waals surface area contributed by atoms with E-state index in [0.717, 1.165) is 50.0 Å². The minimum Gasteiger partial charge on any atom is -0.484 e. The van der Waals surface area contributed by atoms with Gasteiger partial charge in [-0.1, -0.05) is 38.1 Å². The van der Waals surface area contributed by atoms with Crippen LogP contribution in [0.25, 0.3) is 0 Å². The molecule has 1 fully saturated rings. The zero-order valence-corrected chi connectivity index (χ0v) is 29.3. The highest BCUT2D eigenvalue weighted by atomic mass is 16.5. The lowest BCUT2D eigenvalue weighted by Gasteiger charge is -2.36. The first-order chi connectivity index (χ1) is 23.5. The number of piperidine rings is 1. The van der Waals surface area contributed by atoms with Crippen molar-refractivity contribution in [3.05, 3.63) is 83.5 Å². The van der Waals surface area contributed by atoms with Crippen molar-refractivity contribution in [1.29, 1.82) is 16.2 Å². The molecule has 0 saturated carbocycles. The maximum Gasteiger partial charge on any atom is 0.320 e. The third kappa shape index (κ3) is 9.17. The first kappa shape index (κ1) is 35.4. The molecule has 3 heterocycles. The normalized spacial score (nSPS) is 19.4. The van der Waals surface area contributed by atoms with Crippen LogP contribution in [0, 0.1) is 22.1 Å². The number of hydrogen-bond acceptors (Lipinski definition) is 8. The number of hydrogen-bond donors (Lipinski definition) is 6. The van der Waals surface area contributed by atoms with Gasteiger partial charge in [-0.15, -0.1) is 0 Å². The van der Waals surface area contributed by atoms with Gasteiger partial charge in [0.1, 0.15) is 23.2 Å². The maximum absolute atomic E-state index is 13.4. The van der Waals surface area contributed by atoms with Crippen LogP contribution in [-0.2, 0) is 6.54 Å². The van der Waals surface area contributed by atoms with E-state index in [1.807, 2.05) is 63.1 Å². The number of aromatic nitrogens is 3. The molecule has 262 valence electrons. The number of carbonyl (C=O) groups excluding carboxylic acids is 1. The minimum atomic E-state index is -0.382. The highest BCUT2D eigenvalue weighted by Gasteiger charge is 2.30. The predicted octanol–water partition coefficient (Wildman–Crippen LogP) is 5.27. The number of anilines is 1. The molecule has 13 nitrogen and oxygen atoms in total. The molecule has 2 aliphatic rings. The van der Waals surface area contributed by atoms with Gasteiger partial charge in [0.2, 0.25) is 5.96 Å². The van der Waals surface area contributed by atoms with Crippen LogP contribution in [0.4, 0.5) is 10.5 Å². The first-order valence-electron chi connectivity index (χ1n) is 17.2. The Morgan fingerprint density at radius 2 is 1.86 bits per heavy atom. The molecule has 49 heavy (non-hydrogen) atoms. The van der Waals surface area contributed by atoms with Crippen LogP contribution in [0.2, 0.25) is 0 Å². The summed E-state index contributed by atoms with van der Waals surface area (Å²) >= 11 is 0. The fraction of sp³-hybridized carbons (Fsp3) is 0.472. The lowest BCUT2D eigenvalue weighted by atomic mass is 9.85. The van der Waals surface area contributed by atoms with Crippen molar-refractivity contribution >= 4 is 23.4 Å². The van der Waals surface area contributed by atoms with E-state index in [4.69, 9.17) is 21.0 Å². The fourth-order valence-corrected chi connectivity index (χ4v) is 6.21. The summed E-state index contributed by atoms with van der Waals surface area (Å²) in [4.78, 5) is 17.6. The van der Waals surface area contributed by atoms with E-state index in [-0.39, 0.29) is 35.6 Å². The number of fused-ring (bicyclic) bond motifs is 1. The summed E-state index contributed by atoms with van der Waals surface area (Å²) in [5, 5.41) is 39.5. The lowest BCUT2D eigenvalue weighted by Crippen LogP contribution is -2.47. The lowest BCUT2D eigenvalue weighted by molar-refractivity contribution is 0.170. The smallest absolute Gasteiger partial charge is 0.320 e. The average Bonchev–Trinajstić information content (AvgIpc) is 3.52. The highest BCUT2D eigenvalue weighted by molar-refractivity contribution is 5.95. The number of nitrogens with one attached hydrogen (secondary N) is 6. The van der Waals surface area contributed by atoms with Gasteiger partial charge in [0.15, 0.2) is 0 Å². The quantitative estimate of drug-likeness (QED) is 0.120. The van der Waals surface area contributed by atoms with Crippen LogP contribution in [0.3, 0.4) is 0 Å². The third-order valence-corrected chi connectivity index (χ3v) is 9.10. The van der Waals surface area contributed by atoms with Gasteiger partial charge in [-0.05, 0) is 88.4 Å². The van der Waals surface area contributed by atoms with Crippen LogP contribution >= 0.6 is 0 Å². The van der Waals surface area contributed by atoms with E-state index in [2.05, 4.69) is 37.8 Å². The highest BCUT2D eigenvalue weighted by Crippen LogP contribution is 2.38. The SMILES string of the molecule is CC(C)C(=N)/C=C(/NC(=O)N[C@H]1CC[C@@H](Oc2ccc(=N)n(C(=N)N3CCCC[C@@H]3C)c2)c2ccccc21)Nc1cnn(CCN(C)C)c1. The Balaban J connectivity index is 1.27. The van der Waals surface area contributed by atoms with Gasteiger partial charge in [-0.2, -0.15) is 5.10 Å². The zero-order chi connectivity index (χ0) is 35.1. The van der Waals surface area contributed by atoms with E-state index in [1.54, 1.807) is 35.2 Å². The number of nitrogens with zero attached hydrogens (tertiary/aromatic N) is 5. The molecule has 2 amide bonds. The van der Waals surface area contributed by atoms with E-state index >= 15 is 0 Å². The van der Waals surface area contributed by atoms with E-state index < -0.39 is 0 Å². The van der Waals surface area contributed by atoms with Crippen molar-refractivity contribution < 1.29 is 9.53 Å². The van der Waals surface area contributed by atoms with Crippen molar-refractivity contribution in [2.75, 3.05) is 32.5 Å². The summed E-state index contributed by atoms with van der Waals surface area (Å²) in [7, 11) is 4.02. The molecule has 3 atom stereocenters. The topological polar surface area (TPSA) is 163 Å². The molecule has 0 radical (unpaired) electrons. The van der Waals surface area contributed by atoms with Crippen LogP contribution in [0.1, 0.15) is 76.1 Å². The number of carbonyl (C=O) groups is 1. The number of urea groups is 1. The minimum absolute atomic E-state index is 0.0163. The Morgan fingerprint density at radius 3 is 2.59 bits per heavy atom. The Morgan fingerprint density at radius 1 is 1.08 bits per heavy atom. The summed E-state index contributed by atoms with van der Waals surface area (Å²) in [5.74, 6) is 1.26. The zero-order valence-electron chi connectivity index (χ0n) is 29.3. The van der Waals surface area contributed by atoms with Crippen molar-refractivity contribution in [3.63, 3.8) is 0 Å². The first-order valence-corrected chi connectivity index (χ1v) is 17.2. The molecular formula is C36H51N11O2. The molecule has 1 aromatic carbocycles. The van der Waals surface area contributed by atoms with E-state index in [1.165, 1.54) is 0 Å².